The van der Waals surface area contributed by atoms with Crippen molar-refractivity contribution in [1.29, 1.82) is 0 Å². The molecule has 0 aliphatic heterocycles. The number of rotatable bonds is 3. The number of hydrogen-bond acceptors (Lipinski definition) is 0. The summed E-state index contributed by atoms with van der Waals surface area (Å²) in [4.78, 5) is 0. The Hall–Kier alpha value is -1.97. The summed E-state index contributed by atoms with van der Waals surface area (Å²) in [5.74, 6) is -1.64. The maximum absolute atomic E-state index is 14.6. The van der Waals surface area contributed by atoms with Gasteiger partial charge in [0.05, 0.1) is 11.8 Å². The van der Waals surface area contributed by atoms with Crippen molar-refractivity contribution in [3.05, 3.63) is 102 Å². The monoisotopic (exact) mass is 354 g/mol. The molecule has 0 bridgehead atoms. The van der Waals surface area contributed by atoms with Gasteiger partial charge < -0.3 is 4.57 Å². The average molecular weight is 354 g/mol. The van der Waals surface area contributed by atoms with Crippen LogP contribution in [0.5, 0.6) is 0 Å². The molecule has 0 atom stereocenters. The summed E-state index contributed by atoms with van der Waals surface area (Å²) in [7, 11) is 0. The van der Waals surface area contributed by atoms with E-state index in [0.717, 1.165) is 0 Å². The Labute approximate surface area is 154 Å². The molecule has 0 unspecified atom stereocenters. The summed E-state index contributed by atoms with van der Waals surface area (Å²) in [5, 5.41) is 0. The molecule has 0 fully saturated rings. The van der Waals surface area contributed by atoms with Crippen molar-refractivity contribution in [2.24, 2.45) is 0 Å². The maximum Gasteiger partial charge on any atom is 0.158 e. The van der Waals surface area contributed by atoms with E-state index in [0.29, 0.717) is 16.8 Å². The summed E-state index contributed by atoms with van der Waals surface area (Å²) in [5.41, 5.74) is 1.50. The number of allylic oxidation sites excluding steroid dienone is 8. The molecule has 1 aromatic heterocycles. The molecule has 0 amide bonds. The van der Waals surface area contributed by atoms with Gasteiger partial charge in [0.1, 0.15) is 5.82 Å². The predicted molar refractivity (Wildman–Crippen MR) is 86.6 cm³/mol. The first-order valence-corrected chi connectivity index (χ1v) is 7.53. The third-order valence-corrected chi connectivity index (χ3v) is 4.23. The van der Waals surface area contributed by atoms with Crippen molar-refractivity contribution < 1.29 is 30.5 Å². The molecule has 2 aliphatic rings. The van der Waals surface area contributed by atoms with Crippen LogP contribution in [0.15, 0.2) is 73.1 Å². The van der Waals surface area contributed by atoms with Gasteiger partial charge in [0.2, 0.25) is 0 Å². The minimum atomic E-state index is -0.669. The SMILES string of the molecule is Fc1[c]c(F)c(-n2cccc2)c(C2C=CC=C2)c1C1C=CC=C1.[Ti]. The van der Waals surface area contributed by atoms with Crippen LogP contribution in [0, 0.1) is 17.7 Å². The molecule has 1 radical (unpaired) electrons. The van der Waals surface area contributed by atoms with E-state index in [2.05, 4.69) is 6.07 Å². The van der Waals surface area contributed by atoms with Crippen LogP contribution in [0.2, 0.25) is 0 Å². The molecule has 4 rings (SSSR count). The van der Waals surface area contributed by atoms with Crippen molar-refractivity contribution in [3.8, 4) is 5.69 Å². The Balaban J connectivity index is 0.00000169. The molecular formula is C20H14F2NTi. The predicted octanol–water partition coefficient (Wildman–Crippen LogP) is 4.97. The zero-order valence-corrected chi connectivity index (χ0v) is 14.3. The minimum absolute atomic E-state index is 0. The Bertz CT molecular complexity index is 836. The summed E-state index contributed by atoms with van der Waals surface area (Å²) in [6.45, 7) is 0. The number of halogens is 2. The second kappa shape index (κ2) is 6.88. The molecule has 4 heteroatoms. The van der Waals surface area contributed by atoms with Gasteiger partial charge in [-0.25, -0.2) is 8.78 Å². The molecule has 2 aromatic rings. The van der Waals surface area contributed by atoms with Gasteiger partial charge in [-0.1, -0.05) is 48.6 Å². The van der Waals surface area contributed by atoms with E-state index in [4.69, 9.17) is 0 Å². The maximum atomic E-state index is 14.6. The van der Waals surface area contributed by atoms with Gasteiger partial charge in [-0.15, -0.1) is 0 Å². The quantitative estimate of drug-likeness (QED) is 0.686. The Morgan fingerprint density at radius 3 is 1.79 bits per heavy atom. The third-order valence-electron chi connectivity index (χ3n) is 4.23. The van der Waals surface area contributed by atoms with E-state index in [1.54, 1.807) is 17.0 Å². The Morgan fingerprint density at radius 2 is 1.25 bits per heavy atom. The fourth-order valence-electron chi connectivity index (χ4n) is 3.23. The first-order chi connectivity index (χ1) is 11.3. The van der Waals surface area contributed by atoms with Crippen molar-refractivity contribution >= 4 is 0 Å². The second-order valence-corrected chi connectivity index (χ2v) is 5.61. The van der Waals surface area contributed by atoms with Crippen molar-refractivity contribution in [2.45, 2.75) is 11.8 Å². The molecule has 0 N–H and O–H groups in total. The van der Waals surface area contributed by atoms with E-state index in [1.807, 2.05) is 60.7 Å². The normalized spacial score (nSPS) is 16.2. The second-order valence-electron chi connectivity index (χ2n) is 5.61. The first-order valence-electron chi connectivity index (χ1n) is 7.53. The zero-order valence-electron chi connectivity index (χ0n) is 12.8. The van der Waals surface area contributed by atoms with Crippen molar-refractivity contribution in [1.82, 2.24) is 4.57 Å². The molecule has 0 saturated carbocycles. The van der Waals surface area contributed by atoms with Crippen LogP contribution in [0.1, 0.15) is 23.0 Å². The van der Waals surface area contributed by atoms with Gasteiger partial charge in [0.25, 0.3) is 0 Å². The van der Waals surface area contributed by atoms with E-state index in [9.17, 15) is 8.78 Å². The summed E-state index contributed by atoms with van der Waals surface area (Å²) < 4.78 is 30.9. The van der Waals surface area contributed by atoms with E-state index < -0.39 is 11.6 Å². The van der Waals surface area contributed by atoms with Crippen LogP contribution in [0.25, 0.3) is 5.69 Å². The largest absolute Gasteiger partial charge is 0.321 e. The molecular weight excluding hydrogens is 340 g/mol. The molecule has 1 heterocycles. The first kappa shape index (κ1) is 16.9. The topological polar surface area (TPSA) is 4.93 Å². The molecule has 24 heavy (non-hydrogen) atoms. The summed E-state index contributed by atoms with van der Waals surface area (Å²) >= 11 is 0. The number of hydrogen-bond donors (Lipinski definition) is 0. The molecule has 0 spiro atoms. The minimum Gasteiger partial charge on any atom is -0.321 e. The summed E-state index contributed by atoms with van der Waals surface area (Å²) in [6, 6.07) is 5.91. The van der Waals surface area contributed by atoms with Crippen LogP contribution in [0.3, 0.4) is 0 Å². The molecule has 2 aliphatic carbocycles. The zero-order chi connectivity index (χ0) is 15.8. The Kier molecular flexibility index (Phi) is 4.84. The fraction of sp³-hybridized carbons (Fsp3) is 0.100. The number of aromatic nitrogens is 1. The van der Waals surface area contributed by atoms with Gasteiger partial charge in [-0.3, -0.25) is 0 Å². The van der Waals surface area contributed by atoms with Crippen LogP contribution >= 0.6 is 0 Å². The molecule has 1 aromatic carbocycles. The van der Waals surface area contributed by atoms with Crippen LogP contribution in [-0.2, 0) is 21.7 Å². The molecule has 117 valence electrons. The van der Waals surface area contributed by atoms with Gasteiger partial charge in [-0.05, 0) is 17.7 Å². The van der Waals surface area contributed by atoms with E-state index in [-0.39, 0.29) is 33.6 Å². The smallest absolute Gasteiger partial charge is 0.158 e. The van der Waals surface area contributed by atoms with Crippen LogP contribution < -0.4 is 0 Å². The van der Waals surface area contributed by atoms with Gasteiger partial charge in [0, 0.05) is 51.5 Å². The average Bonchev–Trinajstić information content (AvgIpc) is 3.29. The van der Waals surface area contributed by atoms with E-state index in [1.165, 1.54) is 0 Å². The standard InChI is InChI=1S/C20H14F2N.Ti/c21-16-13-17(22)20(23-11-5-6-12-23)19(15-9-3-4-10-15)18(16)14-7-1-2-8-14;/h1-12,14-15H;. The molecule has 1 nitrogen and oxygen atoms in total. The number of nitrogens with zero attached hydrogens (tertiary/aromatic N) is 1. The van der Waals surface area contributed by atoms with Crippen molar-refractivity contribution in [3.63, 3.8) is 0 Å². The molecule has 0 saturated heterocycles. The van der Waals surface area contributed by atoms with Crippen LogP contribution in [-0.4, -0.2) is 4.57 Å². The van der Waals surface area contributed by atoms with Crippen LogP contribution in [0.4, 0.5) is 8.78 Å². The Morgan fingerprint density at radius 1 is 0.750 bits per heavy atom. The third kappa shape index (κ3) is 2.79. The van der Waals surface area contributed by atoms with Crippen molar-refractivity contribution in [2.75, 3.05) is 0 Å². The number of benzene rings is 1. The van der Waals surface area contributed by atoms with E-state index >= 15 is 0 Å². The summed E-state index contributed by atoms with van der Waals surface area (Å²) in [6.07, 6.45) is 18.8. The van der Waals surface area contributed by atoms with Gasteiger partial charge in [-0.2, -0.15) is 0 Å². The van der Waals surface area contributed by atoms with Gasteiger partial charge >= 0.3 is 0 Å². The fourth-order valence-corrected chi connectivity index (χ4v) is 3.23. The van der Waals surface area contributed by atoms with Gasteiger partial charge in [0.15, 0.2) is 5.82 Å².